The van der Waals surface area contributed by atoms with Crippen LogP contribution in [-0.4, -0.2) is 56.5 Å². The van der Waals surface area contributed by atoms with Gasteiger partial charge < -0.3 is 10.2 Å². The van der Waals surface area contributed by atoms with Crippen LogP contribution in [0.4, 0.5) is 0 Å². The molecule has 3 aliphatic rings. The van der Waals surface area contributed by atoms with Gasteiger partial charge >= 0.3 is 0 Å². The highest BCUT2D eigenvalue weighted by Crippen LogP contribution is 2.50. The molecule has 0 radical (unpaired) electrons. The fourth-order valence-corrected chi connectivity index (χ4v) is 6.31. The lowest BCUT2D eigenvalue weighted by Crippen LogP contribution is -2.56. The first-order valence-electron chi connectivity index (χ1n) is 9.56. The molecule has 1 aliphatic carbocycles. The molecule has 2 saturated heterocycles. The van der Waals surface area contributed by atoms with E-state index in [-0.39, 0.29) is 29.9 Å². The fourth-order valence-electron chi connectivity index (χ4n) is 4.46. The van der Waals surface area contributed by atoms with Gasteiger partial charge in [0.2, 0.25) is 0 Å². The van der Waals surface area contributed by atoms with Crippen molar-refractivity contribution in [3.63, 3.8) is 0 Å². The van der Waals surface area contributed by atoms with Crippen LogP contribution >= 0.6 is 24.0 Å². The van der Waals surface area contributed by atoms with Crippen molar-refractivity contribution in [2.75, 3.05) is 31.1 Å². The first-order chi connectivity index (χ1) is 11.3. The van der Waals surface area contributed by atoms with Crippen molar-refractivity contribution in [3.05, 3.63) is 0 Å². The summed E-state index contributed by atoms with van der Waals surface area (Å²) in [6.07, 6.45) is 6.06. The number of nitrogens with zero attached hydrogens (tertiary/aromatic N) is 2. The summed E-state index contributed by atoms with van der Waals surface area (Å²) in [4.78, 5) is 7.28. The Morgan fingerprint density at radius 2 is 2.04 bits per heavy atom. The highest BCUT2D eigenvalue weighted by atomic mass is 127. The van der Waals surface area contributed by atoms with Gasteiger partial charge in [0, 0.05) is 25.7 Å². The number of piperidine rings is 1. The number of likely N-dealkylation sites (tertiary alicyclic amines) is 1. The van der Waals surface area contributed by atoms with Gasteiger partial charge in [0.25, 0.3) is 0 Å². The third kappa shape index (κ3) is 5.02. The highest BCUT2D eigenvalue weighted by molar-refractivity contribution is 14.0. The van der Waals surface area contributed by atoms with E-state index in [1.807, 2.05) is 0 Å². The number of rotatable bonds is 3. The van der Waals surface area contributed by atoms with Crippen molar-refractivity contribution in [1.29, 1.82) is 0 Å². The second-order valence-electron chi connectivity index (χ2n) is 8.56. The van der Waals surface area contributed by atoms with Crippen molar-refractivity contribution in [2.45, 2.75) is 58.9 Å². The second kappa shape index (κ2) is 8.31. The fraction of sp³-hybridized carbons (Fsp3) is 0.944. The van der Waals surface area contributed by atoms with Crippen LogP contribution in [0.1, 0.15) is 52.9 Å². The van der Waals surface area contributed by atoms with Crippen LogP contribution in [0, 0.1) is 17.3 Å². The van der Waals surface area contributed by atoms with E-state index < -0.39 is 9.84 Å². The molecule has 1 N–H and O–H groups in total. The summed E-state index contributed by atoms with van der Waals surface area (Å²) in [5.41, 5.74) is 0.494. The van der Waals surface area contributed by atoms with Gasteiger partial charge in [-0.2, -0.15) is 0 Å². The molecule has 2 unspecified atom stereocenters. The largest absolute Gasteiger partial charge is 0.354 e. The van der Waals surface area contributed by atoms with E-state index in [1.165, 1.54) is 25.7 Å². The predicted molar refractivity (Wildman–Crippen MR) is 114 cm³/mol. The quantitative estimate of drug-likeness (QED) is 0.381. The Bertz CT molecular complexity index is 587. The molecule has 2 atom stereocenters. The predicted octanol–water partition coefficient (Wildman–Crippen LogP) is 2.91. The lowest BCUT2D eigenvalue weighted by molar-refractivity contribution is -0.00526. The molecule has 1 saturated carbocycles. The minimum Gasteiger partial charge on any atom is -0.354 e. The summed E-state index contributed by atoms with van der Waals surface area (Å²) in [6.45, 7) is 9.49. The maximum atomic E-state index is 11.7. The molecule has 0 amide bonds. The number of hydrogen-bond acceptors (Lipinski definition) is 3. The Morgan fingerprint density at radius 3 is 2.56 bits per heavy atom. The Morgan fingerprint density at radius 1 is 1.32 bits per heavy atom. The third-order valence-electron chi connectivity index (χ3n) is 6.28. The Hall–Kier alpha value is -0.0500. The zero-order valence-electron chi connectivity index (χ0n) is 15.8. The minimum absolute atomic E-state index is 0. The van der Waals surface area contributed by atoms with E-state index in [2.05, 4.69) is 31.0 Å². The van der Waals surface area contributed by atoms with Crippen molar-refractivity contribution in [1.82, 2.24) is 10.2 Å². The van der Waals surface area contributed by atoms with E-state index >= 15 is 0 Å². The van der Waals surface area contributed by atoms with Gasteiger partial charge in [-0.05, 0) is 56.8 Å². The number of aliphatic imine (C=N–C) groups is 1. The molecule has 146 valence electrons. The highest BCUT2D eigenvalue weighted by Gasteiger charge is 2.46. The summed E-state index contributed by atoms with van der Waals surface area (Å²) in [5, 5.41) is 3.52. The molecule has 2 heterocycles. The zero-order chi connectivity index (χ0) is 17.4. The first kappa shape index (κ1) is 21.3. The van der Waals surface area contributed by atoms with Crippen LogP contribution < -0.4 is 5.32 Å². The molecule has 1 spiro atoms. The van der Waals surface area contributed by atoms with Crippen molar-refractivity contribution in [3.8, 4) is 0 Å². The molecule has 0 aromatic heterocycles. The van der Waals surface area contributed by atoms with Gasteiger partial charge in [-0.15, -0.1) is 24.0 Å². The molecule has 0 aromatic rings. The van der Waals surface area contributed by atoms with Crippen LogP contribution in [0.5, 0.6) is 0 Å². The van der Waals surface area contributed by atoms with Crippen molar-refractivity contribution < 1.29 is 8.42 Å². The average Bonchev–Trinajstić information content (AvgIpc) is 2.81. The lowest BCUT2D eigenvalue weighted by atomic mass is 9.59. The van der Waals surface area contributed by atoms with Gasteiger partial charge in [0.15, 0.2) is 15.8 Å². The molecule has 2 aliphatic heterocycles. The second-order valence-corrected chi connectivity index (χ2v) is 10.8. The Balaban J connectivity index is 0.00000225. The molecule has 0 bridgehead atoms. The van der Waals surface area contributed by atoms with Crippen LogP contribution in [0.3, 0.4) is 0 Å². The summed E-state index contributed by atoms with van der Waals surface area (Å²) in [5.74, 6) is 2.65. The van der Waals surface area contributed by atoms with Crippen molar-refractivity contribution in [2.24, 2.45) is 22.2 Å². The molecule has 3 rings (SSSR count). The molecule has 5 nitrogen and oxygen atoms in total. The summed E-state index contributed by atoms with van der Waals surface area (Å²) >= 11 is 0. The van der Waals surface area contributed by atoms with Gasteiger partial charge in [-0.1, -0.05) is 13.3 Å². The lowest BCUT2D eigenvalue weighted by Gasteiger charge is -2.53. The van der Waals surface area contributed by atoms with E-state index in [4.69, 9.17) is 4.99 Å². The van der Waals surface area contributed by atoms with Crippen LogP contribution in [-0.2, 0) is 9.84 Å². The Kier molecular flexibility index (Phi) is 7.07. The smallest absolute Gasteiger partial charge is 0.194 e. The third-order valence-corrected chi connectivity index (χ3v) is 8.11. The molecular formula is C18H34IN3O2S. The summed E-state index contributed by atoms with van der Waals surface area (Å²) in [6, 6.07) is 0.341. The van der Waals surface area contributed by atoms with Crippen LogP contribution in [0.25, 0.3) is 0 Å². The molecule has 7 heteroatoms. The molecule has 0 aromatic carbocycles. The number of hydrogen-bond donors (Lipinski definition) is 1. The number of guanidine groups is 1. The van der Waals surface area contributed by atoms with Gasteiger partial charge in [-0.25, -0.2) is 8.42 Å². The number of sulfone groups is 1. The molecule has 3 fully saturated rings. The molecular weight excluding hydrogens is 449 g/mol. The van der Waals surface area contributed by atoms with Crippen molar-refractivity contribution >= 4 is 39.8 Å². The summed E-state index contributed by atoms with van der Waals surface area (Å²) in [7, 11) is -2.82. The van der Waals surface area contributed by atoms with E-state index in [9.17, 15) is 8.42 Å². The maximum Gasteiger partial charge on any atom is 0.194 e. The normalized spacial score (nSPS) is 30.9. The van der Waals surface area contributed by atoms with E-state index in [0.29, 0.717) is 29.5 Å². The van der Waals surface area contributed by atoms with Crippen LogP contribution in [0.15, 0.2) is 4.99 Å². The Labute approximate surface area is 170 Å². The summed E-state index contributed by atoms with van der Waals surface area (Å²) < 4.78 is 23.3. The van der Waals surface area contributed by atoms with E-state index in [1.54, 1.807) is 0 Å². The first-order valence-corrected chi connectivity index (χ1v) is 11.4. The van der Waals surface area contributed by atoms with Crippen LogP contribution in [0.2, 0.25) is 0 Å². The van der Waals surface area contributed by atoms with Gasteiger partial charge in [0.05, 0.1) is 11.5 Å². The average molecular weight is 483 g/mol. The number of nitrogens with one attached hydrogen (secondary N) is 1. The zero-order valence-corrected chi connectivity index (χ0v) is 19.0. The number of halogens is 1. The monoisotopic (exact) mass is 483 g/mol. The van der Waals surface area contributed by atoms with Gasteiger partial charge in [-0.3, -0.25) is 4.99 Å². The maximum absolute atomic E-state index is 11.7. The van der Waals surface area contributed by atoms with Gasteiger partial charge in [0.1, 0.15) is 0 Å². The van der Waals surface area contributed by atoms with E-state index in [0.717, 1.165) is 31.4 Å². The molecule has 25 heavy (non-hydrogen) atoms. The standard InChI is InChI=1S/C18H33N3O2S.HI/c1-14(2)20-17(19-11-16-6-10-24(22,23)12-16)21-9-5-15(3)18(13-21)7-4-8-18;/h14-16H,4-13H2,1-3H3,(H,19,20);1H. The SMILES string of the molecule is CC(C)NC(=NCC1CCS(=O)(=O)C1)N1CCC(C)C2(CCC2)C1.I. The topological polar surface area (TPSA) is 61.8 Å². The minimum atomic E-state index is -2.82.